The first-order valence-electron chi connectivity index (χ1n) is 8.68. The number of para-hydroxylation sites is 1. The van der Waals surface area contributed by atoms with E-state index < -0.39 is 0 Å². The van der Waals surface area contributed by atoms with Gasteiger partial charge in [0.1, 0.15) is 5.01 Å². The largest absolute Gasteiger partial charge is 0.352 e. The first-order valence-corrected chi connectivity index (χ1v) is 9.50. The topological polar surface area (TPSA) is 74.3 Å². The molecular weight excluding hydrogens is 336 g/mol. The summed E-state index contributed by atoms with van der Waals surface area (Å²) in [5.74, 6) is -0.278. The molecule has 1 aromatic heterocycles. The summed E-state index contributed by atoms with van der Waals surface area (Å²) < 4.78 is 1.18. The van der Waals surface area contributed by atoms with Gasteiger partial charge in [0, 0.05) is 6.04 Å². The zero-order chi connectivity index (χ0) is 17.8. The van der Waals surface area contributed by atoms with Crippen LogP contribution in [0.2, 0.25) is 0 Å². The third-order valence-corrected chi connectivity index (χ3v) is 5.34. The first-order chi connectivity index (χ1) is 12.0. The number of rotatable bonds is 6. The molecule has 7 heteroatoms. The van der Waals surface area contributed by atoms with Crippen LogP contribution in [0.1, 0.15) is 37.7 Å². The third-order valence-electron chi connectivity index (χ3n) is 4.20. The van der Waals surface area contributed by atoms with Crippen molar-refractivity contribution < 1.29 is 9.59 Å². The van der Waals surface area contributed by atoms with E-state index in [1.54, 1.807) is 11.3 Å². The van der Waals surface area contributed by atoms with Crippen molar-refractivity contribution in [3.8, 4) is 0 Å². The highest BCUT2D eigenvalue weighted by atomic mass is 32.1. The van der Waals surface area contributed by atoms with Crippen LogP contribution in [-0.2, 0) is 9.59 Å². The van der Waals surface area contributed by atoms with Gasteiger partial charge in [-0.05, 0) is 45.4 Å². The summed E-state index contributed by atoms with van der Waals surface area (Å²) in [4.78, 5) is 30.7. The number of benzene rings is 1. The number of aromatic nitrogens is 1. The van der Waals surface area contributed by atoms with Gasteiger partial charge in [0.25, 0.3) is 0 Å². The van der Waals surface area contributed by atoms with Crippen molar-refractivity contribution in [2.24, 2.45) is 0 Å². The standard InChI is InChI=1S/C18H24N4O2S/c1-12(2)20-16(23)10-19-17(24)11-22-9-5-7-14(22)18-21-13-6-3-4-8-15(13)25-18/h3-4,6,8,12,14H,5,7,9-11H2,1-2H3,(H,19,24)(H,20,23)/t14-/m1/s1. The molecule has 1 saturated heterocycles. The summed E-state index contributed by atoms with van der Waals surface area (Å²) in [5.41, 5.74) is 1.02. The van der Waals surface area contributed by atoms with Crippen LogP contribution in [0.25, 0.3) is 10.2 Å². The highest BCUT2D eigenvalue weighted by Gasteiger charge is 2.30. The van der Waals surface area contributed by atoms with Crippen molar-refractivity contribution >= 4 is 33.4 Å². The summed E-state index contributed by atoms with van der Waals surface area (Å²) in [6.07, 6.45) is 2.07. The zero-order valence-electron chi connectivity index (χ0n) is 14.6. The SMILES string of the molecule is CC(C)NC(=O)CNC(=O)CN1CCC[C@@H]1c1nc2ccccc2s1. The Morgan fingerprint density at radius 3 is 2.88 bits per heavy atom. The van der Waals surface area contributed by atoms with Crippen molar-refractivity contribution in [2.45, 2.75) is 38.8 Å². The minimum atomic E-state index is -0.160. The van der Waals surface area contributed by atoms with Crippen molar-refractivity contribution in [1.82, 2.24) is 20.5 Å². The predicted molar refractivity (Wildman–Crippen MR) is 99.5 cm³/mol. The van der Waals surface area contributed by atoms with E-state index in [4.69, 9.17) is 4.98 Å². The second-order valence-electron chi connectivity index (χ2n) is 6.65. The van der Waals surface area contributed by atoms with E-state index in [9.17, 15) is 9.59 Å². The van der Waals surface area contributed by atoms with Crippen LogP contribution in [-0.4, -0.2) is 47.4 Å². The second kappa shape index (κ2) is 7.93. The number of nitrogens with one attached hydrogen (secondary N) is 2. The Morgan fingerprint density at radius 1 is 1.32 bits per heavy atom. The lowest BCUT2D eigenvalue weighted by atomic mass is 10.2. The fraction of sp³-hybridized carbons (Fsp3) is 0.500. The molecule has 1 aromatic carbocycles. The Kier molecular flexibility index (Phi) is 5.65. The van der Waals surface area contributed by atoms with Gasteiger partial charge in [-0.15, -0.1) is 11.3 Å². The molecule has 1 fully saturated rings. The van der Waals surface area contributed by atoms with Crippen LogP contribution in [0.4, 0.5) is 0 Å². The molecule has 6 nitrogen and oxygen atoms in total. The summed E-state index contributed by atoms with van der Waals surface area (Å²) in [6.45, 7) is 5.00. The Bertz CT molecular complexity index is 725. The van der Waals surface area contributed by atoms with Crippen LogP contribution in [0, 0.1) is 0 Å². The van der Waals surface area contributed by atoms with Crippen molar-refractivity contribution in [3.63, 3.8) is 0 Å². The van der Waals surface area contributed by atoms with Crippen LogP contribution in [0.3, 0.4) is 0 Å². The predicted octanol–water partition coefficient (Wildman–Crippen LogP) is 2.07. The van der Waals surface area contributed by atoms with Gasteiger partial charge in [-0.25, -0.2) is 4.98 Å². The molecule has 0 saturated carbocycles. The van der Waals surface area contributed by atoms with Gasteiger partial charge >= 0.3 is 0 Å². The van der Waals surface area contributed by atoms with E-state index in [1.807, 2.05) is 32.0 Å². The van der Waals surface area contributed by atoms with Crippen molar-refractivity contribution in [1.29, 1.82) is 0 Å². The fourth-order valence-electron chi connectivity index (χ4n) is 3.12. The van der Waals surface area contributed by atoms with E-state index in [1.165, 1.54) is 4.70 Å². The molecule has 2 N–H and O–H groups in total. The van der Waals surface area contributed by atoms with Crippen LogP contribution < -0.4 is 10.6 Å². The maximum absolute atomic E-state index is 12.2. The lowest BCUT2D eigenvalue weighted by Crippen LogP contribution is -2.43. The Morgan fingerprint density at radius 2 is 2.12 bits per heavy atom. The highest BCUT2D eigenvalue weighted by Crippen LogP contribution is 2.36. The van der Waals surface area contributed by atoms with E-state index >= 15 is 0 Å². The molecule has 0 aliphatic carbocycles. The molecule has 0 spiro atoms. The number of nitrogens with zero attached hydrogens (tertiary/aromatic N) is 2. The number of hydrogen-bond acceptors (Lipinski definition) is 5. The Balaban J connectivity index is 1.58. The van der Waals surface area contributed by atoms with E-state index in [0.29, 0.717) is 6.54 Å². The number of hydrogen-bond donors (Lipinski definition) is 2. The van der Waals surface area contributed by atoms with Gasteiger partial charge in [0.15, 0.2) is 0 Å². The Hall–Kier alpha value is -1.99. The van der Waals surface area contributed by atoms with Gasteiger partial charge in [-0.1, -0.05) is 12.1 Å². The zero-order valence-corrected chi connectivity index (χ0v) is 15.4. The number of carbonyl (C=O) groups is 2. The maximum Gasteiger partial charge on any atom is 0.239 e. The second-order valence-corrected chi connectivity index (χ2v) is 7.71. The monoisotopic (exact) mass is 360 g/mol. The molecule has 2 amide bonds. The van der Waals surface area contributed by atoms with Crippen LogP contribution in [0.15, 0.2) is 24.3 Å². The van der Waals surface area contributed by atoms with E-state index in [0.717, 1.165) is 29.9 Å². The minimum Gasteiger partial charge on any atom is -0.352 e. The van der Waals surface area contributed by atoms with Crippen molar-refractivity contribution in [2.75, 3.05) is 19.6 Å². The average molecular weight is 360 g/mol. The number of likely N-dealkylation sites (tertiary alicyclic amines) is 1. The highest BCUT2D eigenvalue weighted by molar-refractivity contribution is 7.18. The van der Waals surface area contributed by atoms with Gasteiger partial charge in [0.2, 0.25) is 11.8 Å². The third kappa shape index (κ3) is 4.55. The molecule has 1 atom stereocenters. The van der Waals surface area contributed by atoms with Gasteiger partial charge in [-0.3, -0.25) is 14.5 Å². The quantitative estimate of drug-likeness (QED) is 0.827. The normalized spacial score (nSPS) is 18.0. The molecule has 0 bridgehead atoms. The maximum atomic E-state index is 12.2. The molecule has 0 unspecified atom stereocenters. The lowest BCUT2D eigenvalue weighted by molar-refractivity contribution is -0.127. The molecule has 1 aliphatic heterocycles. The Labute approximate surface area is 151 Å². The minimum absolute atomic E-state index is 0.0245. The number of thiazole rings is 1. The van der Waals surface area contributed by atoms with E-state index in [2.05, 4.69) is 21.6 Å². The summed E-state index contributed by atoms with van der Waals surface area (Å²) in [5, 5.41) is 6.54. The molecule has 25 heavy (non-hydrogen) atoms. The number of carbonyl (C=O) groups excluding carboxylic acids is 2. The van der Waals surface area contributed by atoms with Gasteiger partial charge in [-0.2, -0.15) is 0 Å². The molecule has 2 aromatic rings. The van der Waals surface area contributed by atoms with Crippen LogP contribution in [0.5, 0.6) is 0 Å². The molecule has 2 heterocycles. The molecule has 0 radical (unpaired) electrons. The summed E-state index contributed by atoms with van der Waals surface area (Å²) in [6, 6.07) is 8.38. The first kappa shape index (κ1) is 17.8. The van der Waals surface area contributed by atoms with Crippen molar-refractivity contribution in [3.05, 3.63) is 29.3 Å². The molecule has 134 valence electrons. The fourth-order valence-corrected chi connectivity index (χ4v) is 4.26. The molecule has 3 rings (SSSR count). The number of fused-ring (bicyclic) bond motifs is 1. The smallest absolute Gasteiger partial charge is 0.239 e. The van der Waals surface area contributed by atoms with Crippen LogP contribution >= 0.6 is 11.3 Å². The van der Waals surface area contributed by atoms with Gasteiger partial charge < -0.3 is 10.6 Å². The lowest BCUT2D eigenvalue weighted by Gasteiger charge is -2.22. The molecular formula is C18H24N4O2S. The van der Waals surface area contributed by atoms with Gasteiger partial charge in [0.05, 0.1) is 29.3 Å². The van der Waals surface area contributed by atoms with E-state index in [-0.39, 0.29) is 30.4 Å². The summed E-state index contributed by atoms with van der Waals surface area (Å²) in [7, 11) is 0. The molecule has 1 aliphatic rings. The number of amides is 2. The average Bonchev–Trinajstić information content (AvgIpc) is 3.18. The summed E-state index contributed by atoms with van der Waals surface area (Å²) >= 11 is 1.70.